The first kappa shape index (κ1) is 15.6. The van der Waals surface area contributed by atoms with Gasteiger partial charge in [-0.05, 0) is 37.1 Å². The summed E-state index contributed by atoms with van der Waals surface area (Å²) in [6, 6.07) is 9.41. The number of nitrogens with two attached hydrogens (primary N) is 1. The van der Waals surface area contributed by atoms with Crippen molar-refractivity contribution in [3.63, 3.8) is 0 Å². The second-order valence-corrected chi connectivity index (χ2v) is 5.54. The molecule has 1 atom stereocenters. The van der Waals surface area contributed by atoms with Crippen LogP contribution in [0.15, 0.2) is 41.0 Å². The van der Waals surface area contributed by atoms with E-state index in [0.717, 1.165) is 12.0 Å². The van der Waals surface area contributed by atoms with Gasteiger partial charge in [-0.1, -0.05) is 23.7 Å². The molecule has 1 aromatic heterocycles. The van der Waals surface area contributed by atoms with Crippen molar-refractivity contribution in [2.45, 2.75) is 25.9 Å². The minimum absolute atomic E-state index is 0.0647. The fourth-order valence-corrected chi connectivity index (χ4v) is 2.23. The lowest BCUT2D eigenvalue weighted by atomic mass is 10.1. The van der Waals surface area contributed by atoms with Gasteiger partial charge in [-0.2, -0.15) is 0 Å². The number of likely N-dealkylation sites (N-methyl/N-ethyl adjacent to an activating group) is 1. The molecule has 1 heterocycles. The normalized spacial score (nSPS) is 12.2. The molecule has 0 fully saturated rings. The third kappa shape index (κ3) is 3.86. The van der Waals surface area contributed by atoms with E-state index < -0.39 is 0 Å². The minimum Gasteiger partial charge on any atom is -0.467 e. The van der Waals surface area contributed by atoms with Crippen LogP contribution in [0, 0.1) is 0 Å². The third-order valence-corrected chi connectivity index (χ3v) is 3.78. The van der Waals surface area contributed by atoms with E-state index in [1.165, 1.54) is 6.26 Å². The number of hydrogen-bond acceptors (Lipinski definition) is 3. The second-order valence-electron chi connectivity index (χ2n) is 5.10. The molecule has 0 bridgehead atoms. The van der Waals surface area contributed by atoms with Gasteiger partial charge in [-0.3, -0.25) is 4.79 Å². The van der Waals surface area contributed by atoms with Gasteiger partial charge in [-0.25, -0.2) is 0 Å². The van der Waals surface area contributed by atoms with Gasteiger partial charge in [-0.15, -0.1) is 0 Å². The SMILES string of the molecule is CC(Cc1ccc(Cl)cc1)N(C)C(=O)c1coc(CN)c1. The largest absolute Gasteiger partial charge is 0.467 e. The lowest BCUT2D eigenvalue weighted by Gasteiger charge is -2.24. The molecule has 0 aliphatic heterocycles. The first-order valence-corrected chi connectivity index (χ1v) is 7.18. The highest BCUT2D eigenvalue weighted by Crippen LogP contribution is 2.15. The number of nitrogens with zero attached hydrogens (tertiary/aromatic N) is 1. The Balaban J connectivity index is 2.02. The minimum atomic E-state index is -0.0695. The topological polar surface area (TPSA) is 59.5 Å². The molecule has 5 heteroatoms. The van der Waals surface area contributed by atoms with Crippen LogP contribution in [-0.2, 0) is 13.0 Å². The van der Waals surface area contributed by atoms with Crippen LogP contribution >= 0.6 is 11.6 Å². The second kappa shape index (κ2) is 6.78. The van der Waals surface area contributed by atoms with Crippen molar-refractivity contribution >= 4 is 17.5 Å². The van der Waals surface area contributed by atoms with Crippen LogP contribution in [0.3, 0.4) is 0 Å². The van der Waals surface area contributed by atoms with Crippen LogP contribution in [0.1, 0.15) is 28.6 Å². The highest BCUT2D eigenvalue weighted by Gasteiger charge is 2.19. The summed E-state index contributed by atoms with van der Waals surface area (Å²) in [5, 5.41) is 0.712. The molecule has 0 saturated carbocycles. The molecule has 2 aromatic rings. The van der Waals surface area contributed by atoms with Gasteiger partial charge in [0.15, 0.2) is 0 Å². The summed E-state index contributed by atoms with van der Waals surface area (Å²) in [6.45, 7) is 2.30. The smallest absolute Gasteiger partial charge is 0.257 e. The fourth-order valence-electron chi connectivity index (χ4n) is 2.10. The molecular formula is C16H19ClN2O2. The summed E-state index contributed by atoms with van der Waals surface area (Å²) in [7, 11) is 1.79. The van der Waals surface area contributed by atoms with E-state index >= 15 is 0 Å². The fraction of sp³-hybridized carbons (Fsp3) is 0.312. The molecule has 0 radical (unpaired) electrons. The Bertz CT molecular complexity index is 607. The van der Waals surface area contributed by atoms with Gasteiger partial charge >= 0.3 is 0 Å². The number of benzene rings is 1. The van der Waals surface area contributed by atoms with E-state index in [9.17, 15) is 4.79 Å². The molecule has 0 aliphatic rings. The van der Waals surface area contributed by atoms with Crippen molar-refractivity contribution in [2.24, 2.45) is 5.73 Å². The number of halogens is 1. The molecule has 1 aromatic carbocycles. The molecule has 1 amide bonds. The van der Waals surface area contributed by atoms with Crippen molar-refractivity contribution in [3.8, 4) is 0 Å². The zero-order valence-electron chi connectivity index (χ0n) is 12.2. The Labute approximate surface area is 129 Å². The van der Waals surface area contributed by atoms with Gasteiger partial charge in [0.05, 0.1) is 12.1 Å². The monoisotopic (exact) mass is 306 g/mol. The molecule has 0 spiro atoms. The molecule has 0 aliphatic carbocycles. The van der Waals surface area contributed by atoms with Gasteiger partial charge in [0.1, 0.15) is 12.0 Å². The Kier molecular flexibility index (Phi) is 5.04. The summed E-state index contributed by atoms with van der Waals surface area (Å²) >= 11 is 5.87. The third-order valence-electron chi connectivity index (χ3n) is 3.53. The van der Waals surface area contributed by atoms with Crippen LogP contribution in [0.4, 0.5) is 0 Å². The average Bonchev–Trinajstić information content (AvgIpc) is 2.97. The van der Waals surface area contributed by atoms with Gasteiger partial charge in [0, 0.05) is 18.1 Å². The van der Waals surface area contributed by atoms with Crippen LogP contribution < -0.4 is 5.73 Å². The van der Waals surface area contributed by atoms with Crippen molar-refractivity contribution < 1.29 is 9.21 Å². The molecule has 21 heavy (non-hydrogen) atoms. The predicted molar refractivity (Wildman–Crippen MR) is 83.3 cm³/mol. The Morgan fingerprint density at radius 2 is 2.05 bits per heavy atom. The first-order valence-electron chi connectivity index (χ1n) is 6.80. The Hall–Kier alpha value is -1.78. The van der Waals surface area contributed by atoms with Crippen LogP contribution in [0.2, 0.25) is 5.02 Å². The Morgan fingerprint density at radius 3 is 2.62 bits per heavy atom. The van der Waals surface area contributed by atoms with Crippen molar-refractivity contribution in [2.75, 3.05) is 7.05 Å². The van der Waals surface area contributed by atoms with Crippen molar-refractivity contribution in [3.05, 3.63) is 58.5 Å². The molecule has 1 unspecified atom stereocenters. The standard InChI is InChI=1S/C16H19ClN2O2/c1-11(7-12-3-5-14(17)6-4-12)19(2)16(20)13-8-15(9-18)21-10-13/h3-6,8,10-11H,7,9,18H2,1-2H3. The lowest BCUT2D eigenvalue weighted by molar-refractivity contribution is 0.0743. The summed E-state index contributed by atoms with van der Waals surface area (Å²) < 4.78 is 5.21. The molecule has 0 saturated heterocycles. The van der Waals surface area contributed by atoms with E-state index in [0.29, 0.717) is 16.3 Å². The maximum atomic E-state index is 12.4. The van der Waals surface area contributed by atoms with Gasteiger partial charge in [0.25, 0.3) is 5.91 Å². The summed E-state index contributed by atoms with van der Waals surface area (Å²) in [6.07, 6.45) is 2.22. The predicted octanol–water partition coefficient (Wildman–Crippen LogP) is 3.09. The zero-order valence-corrected chi connectivity index (χ0v) is 12.9. The van der Waals surface area contributed by atoms with E-state index in [4.69, 9.17) is 21.8 Å². The van der Waals surface area contributed by atoms with Gasteiger partial charge < -0.3 is 15.1 Å². The highest BCUT2D eigenvalue weighted by molar-refractivity contribution is 6.30. The summed E-state index contributed by atoms with van der Waals surface area (Å²) in [5.41, 5.74) is 7.15. The van der Waals surface area contributed by atoms with Crippen LogP contribution in [-0.4, -0.2) is 23.9 Å². The zero-order chi connectivity index (χ0) is 15.4. The molecule has 2 rings (SSSR count). The molecule has 112 valence electrons. The molecule has 2 N–H and O–H groups in total. The first-order chi connectivity index (χ1) is 10.0. The number of carbonyl (C=O) groups is 1. The Morgan fingerprint density at radius 1 is 1.38 bits per heavy atom. The van der Waals surface area contributed by atoms with E-state index in [1.54, 1.807) is 18.0 Å². The molecular weight excluding hydrogens is 288 g/mol. The maximum Gasteiger partial charge on any atom is 0.257 e. The number of amides is 1. The average molecular weight is 307 g/mol. The highest BCUT2D eigenvalue weighted by atomic mass is 35.5. The number of furan rings is 1. The lowest BCUT2D eigenvalue weighted by Crippen LogP contribution is -2.36. The van der Waals surface area contributed by atoms with Crippen molar-refractivity contribution in [1.82, 2.24) is 4.90 Å². The summed E-state index contributed by atoms with van der Waals surface area (Å²) in [4.78, 5) is 14.1. The quantitative estimate of drug-likeness (QED) is 0.923. The molecule has 4 nitrogen and oxygen atoms in total. The maximum absolute atomic E-state index is 12.4. The van der Waals surface area contributed by atoms with E-state index in [1.807, 2.05) is 31.2 Å². The number of hydrogen-bond donors (Lipinski definition) is 1. The number of carbonyl (C=O) groups excluding carboxylic acids is 1. The van der Waals surface area contributed by atoms with E-state index in [2.05, 4.69) is 0 Å². The van der Waals surface area contributed by atoms with E-state index in [-0.39, 0.29) is 18.5 Å². The number of rotatable bonds is 5. The van der Waals surface area contributed by atoms with Gasteiger partial charge in [0.2, 0.25) is 0 Å². The van der Waals surface area contributed by atoms with Crippen LogP contribution in [0.25, 0.3) is 0 Å². The van der Waals surface area contributed by atoms with Crippen LogP contribution in [0.5, 0.6) is 0 Å². The summed E-state index contributed by atoms with van der Waals surface area (Å²) in [5.74, 6) is 0.539. The van der Waals surface area contributed by atoms with Crippen molar-refractivity contribution in [1.29, 1.82) is 0 Å².